The summed E-state index contributed by atoms with van der Waals surface area (Å²) in [6.07, 6.45) is 1.34. The normalized spacial score (nSPS) is 9.86. The first-order valence-electron chi connectivity index (χ1n) is 1.81. The maximum Gasteiger partial charge on any atom is 0.221 e. The predicted octanol–water partition coefficient (Wildman–Crippen LogP) is 0.345. The molecule has 0 aromatic rings. The number of nitrogens with two attached hydrogens (primary N) is 1. The molecule has 0 rings (SSSR count). The van der Waals surface area contributed by atoms with Gasteiger partial charge in [-0.3, -0.25) is 4.79 Å². The van der Waals surface area contributed by atoms with Crippen molar-refractivity contribution in [2.75, 3.05) is 0 Å². The summed E-state index contributed by atoms with van der Waals surface area (Å²) in [4.78, 5) is 9.76. The summed E-state index contributed by atoms with van der Waals surface area (Å²) in [5, 5.41) is 0. The second-order valence-electron chi connectivity index (χ2n) is 1.03. The van der Waals surface area contributed by atoms with Crippen molar-refractivity contribution in [1.82, 2.24) is 0 Å². The van der Waals surface area contributed by atoms with Crippen molar-refractivity contribution in [3.05, 3.63) is 12.4 Å². The Labute approximate surface area is 40.8 Å². The van der Waals surface area contributed by atoms with Gasteiger partial charge in [-0.05, 0) is 6.08 Å². The third-order valence-electron chi connectivity index (χ3n) is 0.408. The summed E-state index contributed by atoms with van der Waals surface area (Å²) in [5.74, 6) is -0.520. The highest BCUT2D eigenvalue weighted by atomic mass is 19.1. The molecule has 0 aromatic carbocycles. The summed E-state index contributed by atoms with van der Waals surface area (Å²) in [6.45, 7) is 0. The van der Waals surface area contributed by atoms with Crippen molar-refractivity contribution in [1.29, 1.82) is 0 Å². The van der Waals surface area contributed by atoms with Crippen LogP contribution in [0.2, 0.25) is 0 Å². The Hall–Kier alpha value is -0.860. The van der Waals surface area contributed by atoms with Crippen LogP contribution in [0.15, 0.2) is 12.4 Å². The van der Waals surface area contributed by atoms with E-state index >= 15 is 0 Å². The molecule has 0 saturated heterocycles. The zero-order valence-electron chi connectivity index (χ0n) is 3.73. The number of carbonyl (C=O) groups excluding carboxylic acids is 1. The Kier molecular flexibility index (Phi) is 2.92. The van der Waals surface area contributed by atoms with Gasteiger partial charge >= 0.3 is 0 Å². The number of halogens is 1. The van der Waals surface area contributed by atoms with Crippen molar-refractivity contribution >= 4 is 5.91 Å². The number of amides is 1. The molecule has 0 aromatic heterocycles. The molecule has 0 atom stereocenters. The molecular formula is C4H6FNO. The highest BCUT2D eigenvalue weighted by molar-refractivity contribution is 5.75. The van der Waals surface area contributed by atoms with E-state index in [9.17, 15) is 9.18 Å². The maximum atomic E-state index is 11.0. The fourth-order valence-electron chi connectivity index (χ4n) is 0.161. The quantitative estimate of drug-likeness (QED) is 0.538. The van der Waals surface area contributed by atoms with Crippen LogP contribution in [0.25, 0.3) is 0 Å². The minimum Gasteiger partial charge on any atom is -0.369 e. The lowest BCUT2D eigenvalue weighted by atomic mass is 10.4. The Morgan fingerprint density at radius 2 is 2.43 bits per heavy atom. The summed E-state index contributed by atoms with van der Waals surface area (Å²) < 4.78 is 11.0. The lowest BCUT2D eigenvalue weighted by Gasteiger charge is -1.77. The largest absolute Gasteiger partial charge is 0.369 e. The number of rotatable bonds is 2. The zero-order chi connectivity index (χ0) is 5.70. The standard InChI is InChI=1S/C4H6FNO/c5-3-1-2-4(6)7/h1,3H,2H2,(H2,6,7). The van der Waals surface area contributed by atoms with Gasteiger partial charge in [-0.1, -0.05) is 0 Å². The van der Waals surface area contributed by atoms with E-state index in [4.69, 9.17) is 0 Å². The van der Waals surface area contributed by atoms with E-state index in [1.54, 1.807) is 0 Å². The van der Waals surface area contributed by atoms with Gasteiger partial charge in [0, 0.05) is 6.42 Å². The van der Waals surface area contributed by atoms with E-state index in [1.165, 1.54) is 0 Å². The van der Waals surface area contributed by atoms with Crippen LogP contribution in [-0.2, 0) is 4.79 Å². The first-order chi connectivity index (χ1) is 3.27. The van der Waals surface area contributed by atoms with E-state index in [0.29, 0.717) is 6.33 Å². The van der Waals surface area contributed by atoms with Gasteiger partial charge in [0.2, 0.25) is 5.91 Å². The number of hydrogen-bond acceptors (Lipinski definition) is 1. The lowest BCUT2D eigenvalue weighted by molar-refractivity contribution is -0.117. The van der Waals surface area contributed by atoms with Crippen LogP contribution in [0.4, 0.5) is 4.39 Å². The highest BCUT2D eigenvalue weighted by Crippen LogP contribution is 1.78. The summed E-state index contributed by atoms with van der Waals surface area (Å²) in [5.41, 5.74) is 4.62. The van der Waals surface area contributed by atoms with Gasteiger partial charge in [-0.2, -0.15) is 0 Å². The maximum absolute atomic E-state index is 11.0. The predicted molar refractivity (Wildman–Crippen MR) is 24.1 cm³/mol. The number of hydrogen-bond donors (Lipinski definition) is 1. The molecule has 2 N–H and O–H groups in total. The van der Waals surface area contributed by atoms with E-state index in [0.717, 1.165) is 6.08 Å². The molecule has 2 nitrogen and oxygen atoms in total. The first-order valence-corrected chi connectivity index (χ1v) is 1.81. The van der Waals surface area contributed by atoms with Gasteiger partial charge in [-0.15, -0.1) is 0 Å². The van der Waals surface area contributed by atoms with Crippen LogP contribution in [0.3, 0.4) is 0 Å². The molecule has 0 spiro atoms. The topological polar surface area (TPSA) is 43.1 Å². The molecule has 7 heavy (non-hydrogen) atoms. The molecule has 0 unspecified atom stereocenters. The third kappa shape index (κ3) is 5.14. The minimum absolute atomic E-state index is 0.0174. The molecule has 0 aliphatic heterocycles. The SMILES string of the molecule is NC(=O)CC=CF. The molecule has 0 bridgehead atoms. The zero-order valence-corrected chi connectivity index (χ0v) is 3.73. The van der Waals surface area contributed by atoms with Crippen molar-refractivity contribution in [2.45, 2.75) is 6.42 Å². The van der Waals surface area contributed by atoms with Gasteiger partial charge in [0.15, 0.2) is 0 Å². The van der Waals surface area contributed by atoms with Crippen molar-refractivity contribution < 1.29 is 9.18 Å². The highest BCUT2D eigenvalue weighted by Gasteiger charge is 1.83. The lowest BCUT2D eigenvalue weighted by Crippen LogP contribution is -2.07. The van der Waals surface area contributed by atoms with Gasteiger partial charge in [0.1, 0.15) is 0 Å². The molecule has 40 valence electrons. The summed E-state index contributed by atoms with van der Waals surface area (Å²) >= 11 is 0. The third-order valence-corrected chi connectivity index (χ3v) is 0.408. The average Bonchev–Trinajstić information content (AvgIpc) is 1.61. The van der Waals surface area contributed by atoms with Crippen LogP contribution in [0.1, 0.15) is 6.42 Å². The van der Waals surface area contributed by atoms with Gasteiger partial charge in [0.25, 0.3) is 0 Å². The minimum atomic E-state index is -0.520. The second-order valence-corrected chi connectivity index (χ2v) is 1.03. The van der Waals surface area contributed by atoms with Crippen LogP contribution in [-0.4, -0.2) is 5.91 Å². The van der Waals surface area contributed by atoms with E-state index < -0.39 is 5.91 Å². The molecule has 0 aliphatic rings. The van der Waals surface area contributed by atoms with E-state index in [2.05, 4.69) is 5.73 Å². The fraction of sp³-hybridized carbons (Fsp3) is 0.250. The molecular weight excluding hydrogens is 97.0 g/mol. The molecule has 0 heterocycles. The molecule has 0 radical (unpaired) electrons. The fourth-order valence-corrected chi connectivity index (χ4v) is 0.161. The Morgan fingerprint density at radius 1 is 1.86 bits per heavy atom. The Morgan fingerprint density at radius 3 is 2.57 bits per heavy atom. The molecule has 0 fully saturated rings. The van der Waals surface area contributed by atoms with Gasteiger partial charge < -0.3 is 5.73 Å². The smallest absolute Gasteiger partial charge is 0.221 e. The molecule has 3 heteroatoms. The van der Waals surface area contributed by atoms with Crippen LogP contribution in [0.5, 0.6) is 0 Å². The van der Waals surface area contributed by atoms with Crippen molar-refractivity contribution in [3.8, 4) is 0 Å². The van der Waals surface area contributed by atoms with Crippen molar-refractivity contribution in [3.63, 3.8) is 0 Å². The monoisotopic (exact) mass is 103 g/mol. The van der Waals surface area contributed by atoms with Crippen LogP contribution < -0.4 is 5.73 Å². The molecule has 0 saturated carbocycles. The second kappa shape index (κ2) is 3.33. The Balaban J connectivity index is 3.14. The van der Waals surface area contributed by atoms with E-state index in [1.807, 2.05) is 0 Å². The Bertz CT molecular complexity index is 89.7. The van der Waals surface area contributed by atoms with Crippen LogP contribution >= 0.6 is 0 Å². The number of carbonyl (C=O) groups is 1. The van der Waals surface area contributed by atoms with Crippen LogP contribution in [0, 0.1) is 0 Å². The van der Waals surface area contributed by atoms with E-state index in [-0.39, 0.29) is 6.42 Å². The van der Waals surface area contributed by atoms with Crippen molar-refractivity contribution in [2.24, 2.45) is 5.73 Å². The van der Waals surface area contributed by atoms with Gasteiger partial charge in [-0.25, -0.2) is 4.39 Å². The molecule has 1 amide bonds. The first kappa shape index (κ1) is 6.14. The molecule has 0 aliphatic carbocycles. The van der Waals surface area contributed by atoms with Gasteiger partial charge in [0.05, 0.1) is 6.33 Å². The summed E-state index contributed by atoms with van der Waals surface area (Å²) in [7, 11) is 0. The average molecular weight is 103 g/mol. The number of primary amides is 1. The summed E-state index contributed by atoms with van der Waals surface area (Å²) in [6, 6.07) is 0.